The molecule has 0 bridgehead atoms. The normalized spacial score (nSPS) is 10.7. The first kappa shape index (κ1) is 17.7. The van der Waals surface area contributed by atoms with Crippen molar-refractivity contribution in [3.8, 4) is 0 Å². The highest BCUT2D eigenvalue weighted by atomic mass is 79.9. The van der Waals surface area contributed by atoms with E-state index in [1.165, 1.54) is 5.48 Å². The lowest BCUT2D eigenvalue weighted by molar-refractivity contribution is 0.0705. The smallest absolute Gasteiger partial charge is 0.274 e. The van der Waals surface area contributed by atoms with E-state index < -0.39 is 34.6 Å². The first-order chi connectivity index (χ1) is 11.4. The molecule has 0 radical (unpaired) electrons. The Hall–Kier alpha value is -2.65. The van der Waals surface area contributed by atoms with Crippen LogP contribution in [0.3, 0.4) is 0 Å². The Balaban J connectivity index is 2.16. The Morgan fingerprint density at radius 1 is 1.12 bits per heavy atom. The topological polar surface area (TPSA) is 90.8 Å². The van der Waals surface area contributed by atoms with Crippen molar-refractivity contribution in [3.63, 3.8) is 0 Å². The molecule has 3 N–H and O–H groups in total. The molecule has 6 nitrogen and oxygen atoms in total. The van der Waals surface area contributed by atoms with Gasteiger partial charge in [0.25, 0.3) is 11.8 Å². The summed E-state index contributed by atoms with van der Waals surface area (Å²) in [6, 6.07) is 8.02. The number of hydrazone groups is 1. The van der Waals surface area contributed by atoms with Crippen LogP contribution in [0.4, 0.5) is 8.78 Å². The van der Waals surface area contributed by atoms with Crippen molar-refractivity contribution in [3.05, 3.63) is 69.2 Å². The summed E-state index contributed by atoms with van der Waals surface area (Å²) in [6.45, 7) is 0. The molecule has 2 aromatic rings. The summed E-state index contributed by atoms with van der Waals surface area (Å²) in [5.74, 6) is -3.78. The molecule has 0 aromatic heterocycles. The van der Waals surface area contributed by atoms with Crippen molar-refractivity contribution in [2.75, 3.05) is 0 Å². The van der Waals surface area contributed by atoms with Crippen LogP contribution in [-0.2, 0) is 0 Å². The summed E-state index contributed by atoms with van der Waals surface area (Å²) in [7, 11) is 0. The van der Waals surface area contributed by atoms with Crippen molar-refractivity contribution in [1.29, 1.82) is 0 Å². The van der Waals surface area contributed by atoms with Crippen LogP contribution in [-0.4, -0.2) is 23.2 Å². The number of hydroxylamine groups is 1. The van der Waals surface area contributed by atoms with E-state index in [9.17, 15) is 18.4 Å². The maximum absolute atomic E-state index is 13.8. The molecule has 0 fully saturated rings. The second kappa shape index (κ2) is 7.75. The number of hydrogen-bond acceptors (Lipinski definition) is 4. The minimum Gasteiger partial charge on any atom is -0.288 e. The number of nitrogens with zero attached hydrogens (tertiary/aromatic N) is 1. The lowest BCUT2D eigenvalue weighted by Crippen LogP contribution is -2.20. The third-order valence-electron chi connectivity index (χ3n) is 2.92. The van der Waals surface area contributed by atoms with Crippen LogP contribution in [0.2, 0.25) is 0 Å². The Morgan fingerprint density at radius 3 is 2.33 bits per heavy atom. The van der Waals surface area contributed by atoms with Gasteiger partial charge in [-0.3, -0.25) is 14.8 Å². The Bertz CT molecular complexity index is 804. The molecule has 2 amide bonds. The summed E-state index contributed by atoms with van der Waals surface area (Å²) < 4.78 is 28.1. The van der Waals surface area contributed by atoms with Crippen molar-refractivity contribution in [2.45, 2.75) is 0 Å². The number of benzene rings is 2. The minimum absolute atomic E-state index is 0.297. The molecule has 2 rings (SSSR count). The maximum Gasteiger partial charge on any atom is 0.274 e. The number of nitrogens with one attached hydrogen (secondary N) is 2. The van der Waals surface area contributed by atoms with Crippen molar-refractivity contribution < 1.29 is 23.6 Å². The average Bonchev–Trinajstić information content (AvgIpc) is 2.56. The fraction of sp³-hybridized carbons (Fsp3) is 0. The molecule has 0 heterocycles. The first-order valence-electron chi connectivity index (χ1n) is 6.45. The minimum atomic E-state index is -1.08. The van der Waals surface area contributed by atoms with Gasteiger partial charge in [0.1, 0.15) is 11.6 Å². The molecule has 0 aliphatic heterocycles. The third-order valence-corrected chi connectivity index (χ3v) is 3.61. The molecular formula is C15H10BrF2N3O3. The molecule has 0 atom stereocenters. The average molecular weight is 398 g/mol. The molecule has 0 saturated carbocycles. The van der Waals surface area contributed by atoms with E-state index in [0.29, 0.717) is 10.0 Å². The largest absolute Gasteiger partial charge is 0.288 e. The quantitative estimate of drug-likeness (QED) is 0.420. The highest BCUT2D eigenvalue weighted by Crippen LogP contribution is 2.16. The van der Waals surface area contributed by atoms with Gasteiger partial charge < -0.3 is 0 Å². The van der Waals surface area contributed by atoms with Crippen molar-refractivity contribution >= 4 is 34.0 Å². The summed E-state index contributed by atoms with van der Waals surface area (Å²) >= 11 is 3.19. The molecule has 0 spiro atoms. The number of carbonyl (C=O) groups excluding carboxylic acids is 2. The van der Waals surface area contributed by atoms with Gasteiger partial charge in [-0.05, 0) is 40.2 Å². The molecule has 0 aliphatic rings. The molecule has 0 aliphatic carbocycles. The van der Waals surface area contributed by atoms with E-state index in [4.69, 9.17) is 5.21 Å². The number of carbonyl (C=O) groups is 2. The van der Waals surface area contributed by atoms with E-state index in [1.54, 1.807) is 24.3 Å². The number of rotatable bonds is 4. The zero-order valence-corrected chi connectivity index (χ0v) is 13.5. The van der Waals surface area contributed by atoms with E-state index in [0.717, 1.165) is 18.3 Å². The van der Waals surface area contributed by atoms with Crippen LogP contribution in [0.15, 0.2) is 46.0 Å². The number of amides is 2. The number of hydrogen-bond donors (Lipinski definition) is 3. The SMILES string of the molecule is O=C(NO)c1cc(F)c(/C=N/NC(=O)c2ccccc2Br)c(F)c1. The van der Waals surface area contributed by atoms with Crippen LogP contribution < -0.4 is 10.9 Å². The lowest BCUT2D eigenvalue weighted by Gasteiger charge is -2.04. The summed E-state index contributed by atoms with van der Waals surface area (Å²) in [5.41, 5.74) is 2.76. The molecular weight excluding hydrogens is 388 g/mol. The lowest BCUT2D eigenvalue weighted by atomic mass is 10.1. The van der Waals surface area contributed by atoms with Gasteiger partial charge in [-0.2, -0.15) is 5.10 Å². The van der Waals surface area contributed by atoms with Gasteiger partial charge in [0, 0.05) is 10.0 Å². The Kier molecular flexibility index (Phi) is 5.72. The van der Waals surface area contributed by atoms with E-state index in [-0.39, 0.29) is 0 Å². The fourth-order valence-electron chi connectivity index (χ4n) is 1.76. The van der Waals surface area contributed by atoms with Crippen molar-refractivity contribution in [2.24, 2.45) is 5.10 Å². The predicted octanol–water partition coefficient (Wildman–Crippen LogP) is 2.61. The zero-order valence-electron chi connectivity index (χ0n) is 11.9. The Morgan fingerprint density at radius 2 is 1.75 bits per heavy atom. The van der Waals surface area contributed by atoms with Gasteiger partial charge in [0.05, 0.1) is 17.3 Å². The highest BCUT2D eigenvalue weighted by Gasteiger charge is 2.14. The molecule has 124 valence electrons. The summed E-state index contributed by atoms with van der Waals surface area (Å²) in [6.07, 6.45) is 0.778. The standard InChI is InChI=1S/C15H10BrF2N3O3/c16-11-4-2-1-3-9(11)15(23)20-19-7-10-12(17)5-8(6-13(10)18)14(22)21-24/h1-7,24H,(H,20,23)(H,21,22)/b19-7+. The summed E-state index contributed by atoms with van der Waals surface area (Å²) in [5, 5.41) is 12.0. The second-order valence-corrected chi connectivity index (χ2v) is 5.33. The van der Waals surface area contributed by atoms with Gasteiger partial charge in [0.2, 0.25) is 0 Å². The molecule has 0 unspecified atom stereocenters. The van der Waals surface area contributed by atoms with Gasteiger partial charge in [0.15, 0.2) is 0 Å². The van der Waals surface area contributed by atoms with Gasteiger partial charge >= 0.3 is 0 Å². The van der Waals surface area contributed by atoms with E-state index in [1.807, 2.05) is 0 Å². The molecule has 9 heteroatoms. The van der Waals surface area contributed by atoms with Crippen LogP contribution >= 0.6 is 15.9 Å². The van der Waals surface area contributed by atoms with Gasteiger partial charge in [-0.1, -0.05) is 12.1 Å². The Labute approximate surface area is 143 Å². The van der Waals surface area contributed by atoms with Crippen LogP contribution in [0.1, 0.15) is 26.3 Å². The van der Waals surface area contributed by atoms with Gasteiger partial charge in [-0.25, -0.2) is 19.7 Å². The van der Waals surface area contributed by atoms with Crippen LogP contribution in [0.5, 0.6) is 0 Å². The predicted molar refractivity (Wildman–Crippen MR) is 84.8 cm³/mol. The van der Waals surface area contributed by atoms with Gasteiger partial charge in [-0.15, -0.1) is 0 Å². The van der Waals surface area contributed by atoms with Crippen LogP contribution in [0, 0.1) is 11.6 Å². The molecule has 2 aromatic carbocycles. The maximum atomic E-state index is 13.8. The van der Waals surface area contributed by atoms with E-state index >= 15 is 0 Å². The zero-order chi connectivity index (χ0) is 17.7. The van der Waals surface area contributed by atoms with E-state index in [2.05, 4.69) is 26.5 Å². The molecule has 24 heavy (non-hydrogen) atoms. The molecule has 0 saturated heterocycles. The first-order valence-corrected chi connectivity index (χ1v) is 7.24. The highest BCUT2D eigenvalue weighted by molar-refractivity contribution is 9.10. The monoisotopic (exact) mass is 397 g/mol. The third kappa shape index (κ3) is 4.00. The summed E-state index contributed by atoms with van der Waals surface area (Å²) in [4.78, 5) is 23.0. The number of halogens is 3. The van der Waals surface area contributed by atoms with Crippen LogP contribution in [0.25, 0.3) is 0 Å². The van der Waals surface area contributed by atoms with Crippen molar-refractivity contribution in [1.82, 2.24) is 10.9 Å². The second-order valence-electron chi connectivity index (χ2n) is 4.47. The fourth-order valence-corrected chi connectivity index (χ4v) is 2.23.